The van der Waals surface area contributed by atoms with Crippen molar-refractivity contribution >= 4 is 16.9 Å². The molecular weight excluding hydrogens is 340 g/mol. The summed E-state index contributed by atoms with van der Waals surface area (Å²) in [6.45, 7) is 3.93. The minimum absolute atomic E-state index is 0.120. The van der Waals surface area contributed by atoms with E-state index in [4.69, 9.17) is 4.74 Å². The van der Waals surface area contributed by atoms with Gasteiger partial charge in [-0.25, -0.2) is 4.98 Å². The van der Waals surface area contributed by atoms with Crippen molar-refractivity contribution in [3.05, 3.63) is 72.1 Å². The topological polar surface area (TPSA) is 67.4 Å². The van der Waals surface area contributed by atoms with Crippen molar-refractivity contribution < 1.29 is 9.53 Å². The first-order valence-electron chi connectivity index (χ1n) is 9.17. The first-order chi connectivity index (χ1) is 13.3. The Kier molecular flexibility index (Phi) is 5.37. The summed E-state index contributed by atoms with van der Waals surface area (Å²) >= 11 is 0. The number of carbonyl (C=O) groups is 1. The zero-order valence-corrected chi connectivity index (χ0v) is 15.0. The van der Waals surface area contributed by atoms with Crippen LogP contribution < -0.4 is 5.32 Å². The molecule has 1 atom stereocenters. The van der Waals surface area contributed by atoms with Crippen LogP contribution in [0.4, 0.5) is 0 Å². The van der Waals surface area contributed by atoms with Gasteiger partial charge in [0.05, 0.1) is 36.5 Å². The number of benzene rings is 2. The zero-order valence-electron chi connectivity index (χ0n) is 15.0. The third-order valence-corrected chi connectivity index (χ3v) is 4.73. The summed E-state index contributed by atoms with van der Waals surface area (Å²) in [6, 6.07) is 17.5. The molecule has 0 bridgehead atoms. The summed E-state index contributed by atoms with van der Waals surface area (Å²) in [5, 5.41) is 3.14. The van der Waals surface area contributed by atoms with Gasteiger partial charge in [0.15, 0.2) is 0 Å². The molecule has 6 heteroatoms. The van der Waals surface area contributed by atoms with Gasteiger partial charge < -0.3 is 10.1 Å². The van der Waals surface area contributed by atoms with Crippen molar-refractivity contribution in [3.63, 3.8) is 0 Å². The van der Waals surface area contributed by atoms with Gasteiger partial charge in [0, 0.05) is 19.6 Å². The van der Waals surface area contributed by atoms with Gasteiger partial charge >= 0.3 is 0 Å². The van der Waals surface area contributed by atoms with Crippen molar-refractivity contribution in [1.82, 2.24) is 20.2 Å². The van der Waals surface area contributed by atoms with Gasteiger partial charge in [-0.3, -0.25) is 14.7 Å². The lowest BCUT2D eigenvalue weighted by Crippen LogP contribution is -2.43. The smallest absolute Gasteiger partial charge is 0.272 e. The first-order valence-corrected chi connectivity index (χ1v) is 9.17. The summed E-state index contributed by atoms with van der Waals surface area (Å²) < 4.78 is 5.43. The molecule has 1 amide bonds. The molecule has 0 aliphatic carbocycles. The van der Waals surface area contributed by atoms with E-state index < -0.39 is 0 Å². The van der Waals surface area contributed by atoms with Crippen LogP contribution in [0.15, 0.2) is 60.8 Å². The van der Waals surface area contributed by atoms with Crippen LogP contribution in [-0.2, 0) is 4.74 Å². The zero-order chi connectivity index (χ0) is 18.5. The lowest BCUT2D eigenvalue weighted by molar-refractivity contribution is 0.0332. The fraction of sp³-hybridized carbons (Fsp3) is 0.286. The van der Waals surface area contributed by atoms with Crippen molar-refractivity contribution in [2.24, 2.45) is 0 Å². The van der Waals surface area contributed by atoms with E-state index in [1.807, 2.05) is 54.6 Å². The summed E-state index contributed by atoms with van der Waals surface area (Å²) in [4.78, 5) is 24.0. The highest BCUT2D eigenvalue weighted by Crippen LogP contribution is 2.16. The molecule has 1 unspecified atom stereocenters. The number of fused-ring (bicyclic) bond motifs is 1. The predicted octanol–water partition coefficient (Wildman–Crippen LogP) is 2.43. The number of para-hydroxylation sites is 2. The minimum Gasteiger partial charge on any atom is -0.379 e. The Balaban J connectivity index is 1.54. The lowest BCUT2D eigenvalue weighted by Gasteiger charge is -2.31. The maximum Gasteiger partial charge on any atom is 0.272 e. The number of aromatic nitrogens is 2. The normalized spacial score (nSPS) is 16.1. The molecule has 138 valence electrons. The number of rotatable bonds is 5. The van der Waals surface area contributed by atoms with Gasteiger partial charge in [-0.1, -0.05) is 42.5 Å². The van der Waals surface area contributed by atoms with Crippen LogP contribution in [0.25, 0.3) is 11.0 Å². The molecule has 1 aromatic heterocycles. The Hall–Kier alpha value is -2.83. The maximum absolute atomic E-state index is 12.9. The highest BCUT2D eigenvalue weighted by atomic mass is 16.5. The second-order valence-electron chi connectivity index (χ2n) is 6.59. The number of hydrogen-bond donors (Lipinski definition) is 1. The molecule has 1 fully saturated rings. The van der Waals surface area contributed by atoms with Gasteiger partial charge in [-0.15, -0.1) is 0 Å². The Labute approximate surface area is 158 Å². The molecule has 1 aliphatic rings. The van der Waals surface area contributed by atoms with E-state index in [0.717, 1.165) is 49.4 Å². The second-order valence-corrected chi connectivity index (χ2v) is 6.59. The molecule has 2 aromatic carbocycles. The van der Waals surface area contributed by atoms with Gasteiger partial charge in [0.1, 0.15) is 5.69 Å². The van der Waals surface area contributed by atoms with Gasteiger partial charge in [-0.05, 0) is 17.7 Å². The van der Waals surface area contributed by atoms with Crippen molar-refractivity contribution in [2.45, 2.75) is 6.04 Å². The van der Waals surface area contributed by atoms with Gasteiger partial charge in [0.25, 0.3) is 5.91 Å². The molecule has 0 radical (unpaired) electrons. The van der Waals surface area contributed by atoms with Crippen molar-refractivity contribution in [1.29, 1.82) is 0 Å². The molecule has 2 heterocycles. The Morgan fingerprint density at radius 2 is 1.74 bits per heavy atom. The number of amides is 1. The number of nitrogens with zero attached hydrogens (tertiary/aromatic N) is 3. The predicted molar refractivity (Wildman–Crippen MR) is 103 cm³/mol. The van der Waals surface area contributed by atoms with Gasteiger partial charge in [-0.2, -0.15) is 0 Å². The average Bonchev–Trinajstić information content (AvgIpc) is 2.74. The molecule has 0 spiro atoms. The second kappa shape index (κ2) is 8.24. The fourth-order valence-electron chi connectivity index (χ4n) is 3.26. The molecule has 6 nitrogen and oxygen atoms in total. The van der Waals surface area contributed by atoms with Crippen LogP contribution in [0.3, 0.4) is 0 Å². The summed E-state index contributed by atoms with van der Waals surface area (Å²) in [5.41, 5.74) is 2.90. The summed E-state index contributed by atoms with van der Waals surface area (Å²) in [6.07, 6.45) is 1.54. The van der Waals surface area contributed by atoms with E-state index in [-0.39, 0.29) is 11.9 Å². The summed E-state index contributed by atoms with van der Waals surface area (Å²) in [5.74, 6) is -0.213. The lowest BCUT2D eigenvalue weighted by atomic mass is 10.1. The Morgan fingerprint density at radius 3 is 2.52 bits per heavy atom. The van der Waals surface area contributed by atoms with E-state index in [2.05, 4.69) is 20.2 Å². The molecular formula is C21H22N4O2. The van der Waals surface area contributed by atoms with Gasteiger partial charge in [0.2, 0.25) is 0 Å². The summed E-state index contributed by atoms with van der Waals surface area (Å²) in [7, 11) is 0. The van der Waals surface area contributed by atoms with Crippen LogP contribution in [0.1, 0.15) is 22.1 Å². The van der Waals surface area contributed by atoms with E-state index in [0.29, 0.717) is 5.69 Å². The molecule has 1 N–H and O–H groups in total. The molecule has 1 aliphatic heterocycles. The van der Waals surface area contributed by atoms with E-state index in [1.54, 1.807) is 0 Å². The molecule has 3 aromatic rings. The number of ether oxygens (including phenoxy) is 1. The first kappa shape index (κ1) is 17.6. The van der Waals surface area contributed by atoms with Crippen LogP contribution in [0.5, 0.6) is 0 Å². The van der Waals surface area contributed by atoms with E-state index in [1.165, 1.54) is 6.20 Å². The van der Waals surface area contributed by atoms with Crippen LogP contribution >= 0.6 is 0 Å². The number of hydrogen-bond acceptors (Lipinski definition) is 5. The minimum atomic E-state index is -0.213. The highest BCUT2D eigenvalue weighted by Gasteiger charge is 2.21. The Bertz CT molecular complexity index is 910. The molecule has 1 saturated heterocycles. The quantitative estimate of drug-likeness (QED) is 0.755. The molecule has 27 heavy (non-hydrogen) atoms. The van der Waals surface area contributed by atoms with Crippen LogP contribution in [-0.4, -0.2) is 53.6 Å². The fourth-order valence-corrected chi connectivity index (χ4v) is 3.26. The average molecular weight is 362 g/mol. The number of nitrogens with one attached hydrogen (secondary N) is 1. The maximum atomic E-state index is 12.9. The Morgan fingerprint density at radius 1 is 1.04 bits per heavy atom. The number of carbonyl (C=O) groups excluding carboxylic acids is 1. The van der Waals surface area contributed by atoms with Crippen LogP contribution in [0, 0.1) is 0 Å². The SMILES string of the molecule is O=C(NC(CN1CCOCC1)c1ccccc1)c1cnc2ccccc2n1. The molecule has 4 rings (SSSR count). The highest BCUT2D eigenvalue weighted by molar-refractivity contribution is 5.94. The van der Waals surface area contributed by atoms with Crippen LogP contribution in [0.2, 0.25) is 0 Å². The largest absolute Gasteiger partial charge is 0.379 e. The van der Waals surface area contributed by atoms with E-state index in [9.17, 15) is 4.79 Å². The van der Waals surface area contributed by atoms with E-state index >= 15 is 0 Å². The van der Waals surface area contributed by atoms with Crippen molar-refractivity contribution in [3.8, 4) is 0 Å². The number of morpholine rings is 1. The third kappa shape index (κ3) is 4.30. The monoisotopic (exact) mass is 362 g/mol. The molecule has 0 saturated carbocycles. The standard InChI is InChI=1S/C21H22N4O2/c26-21(19-14-22-17-8-4-5-9-18(17)23-19)24-20(16-6-2-1-3-7-16)15-25-10-12-27-13-11-25/h1-9,14,20H,10-13,15H2,(H,24,26). The third-order valence-electron chi connectivity index (χ3n) is 4.73. The van der Waals surface area contributed by atoms with Crippen molar-refractivity contribution in [2.75, 3.05) is 32.8 Å².